The molecule has 1 saturated carbocycles. The lowest BCUT2D eigenvalue weighted by molar-refractivity contribution is 0.398. The number of sulfonamides is 1. The minimum atomic E-state index is -3.46. The molecule has 1 aliphatic carbocycles. The second kappa shape index (κ2) is 6.18. The summed E-state index contributed by atoms with van der Waals surface area (Å²) in [7, 11) is -3.46. The highest BCUT2D eigenvalue weighted by Gasteiger charge is 2.38. The van der Waals surface area contributed by atoms with E-state index in [2.05, 4.69) is 11.9 Å². The molecule has 0 spiro atoms. The third-order valence-electron chi connectivity index (χ3n) is 3.95. The molecule has 1 aromatic carbocycles. The molecule has 1 fully saturated rings. The van der Waals surface area contributed by atoms with E-state index in [1.54, 1.807) is 28.8 Å². The van der Waals surface area contributed by atoms with Crippen LogP contribution in [-0.2, 0) is 23.0 Å². The summed E-state index contributed by atoms with van der Waals surface area (Å²) in [6, 6.07) is 11.1. The Morgan fingerprint density at radius 3 is 2.41 bits per heavy atom. The lowest BCUT2D eigenvalue weighted by Gasteiger charge is -2.22. The number of aryl methyl sites for hydroxylation is 1. The van der Waals surface area contributed by atoms with E-state index < -0.39 is 10.0 Å². The van der Waals surface area contributed by atoms with Crippen molar-refractivity contribution in [3.63, 3.8) is 0 Å². The summed E-state index contributed by atoms with van der Waals surface area (Å²) in [5.74, 6) is 0. The Morgan fingerprint density at radius 2 is 1.86 bits per heavy atom. The molecule has 0 bridgehead atoms. The molecule has 0 saturated heterocycles. The second-order valence-corrected chi connectivity index (χ2v) is 7.53. The zero-order chi connectivity index (χ0) is 15.6. The molecule has 0 N–H and O–H groups in total. The highest BCUT2D eigenvalue weighted by atomic mass is 32.2. The molecule has 0 unspecified atom stereocenters. The summed E-state index contributed by atoms with van der Waals surface area (Å²) < 4.78 is 27.5. The molecule has 0 radical (unpaired) electrons. The van der Waals surface area contributed by atoms with Crippen LogP contribution in [0, 0.1) is 0 Å². The Kier molecular flexibility index (Phi) is 4.27. The van der Waals surface area contributed by atoms with Gasteiger partial charge in [0.25, 0.3) is 0 Å². The summed E-state index contributed by atoms with van der Waals surface area (Å²) >= 11 is 0. The molecule has 0 aliphatic heterocycles. The average molecular weight is 316 g/mol. The van der Waals surface area contributed by atoms with Crippen LogP contribution in [-0.4, -0.2) is 23.7 Å². The first-order valence-corrected chi connectivity index (χ1v) is 9.05. The highest BCUT2D eigenvalue weighted by molar-refractivity contribution is 7.89. The van der Waals surface area contributed by atoms with Crippen LogP contribution in [0.25, 0.3) is 0 Å². The number of nitrogens with zero attached hydrogens (tertiary/aromatic N) is 2. The van der Waals surface area contributed by atoms with Gasteiger partial charge < -0.3 is 0 Å². The zero-order valence-electron chi connectivity index (χ0n) is 12.6. The van der Waals surface area contributed by atoms with Gasteiger partial charge in [0.15, 0.2) is 0 Å². The first kappa shape index (κ1) is 15.2. The maximum Gasteiger partial charge on any atom is 0.243 e. The van der Waals surface area contributed by atoms with E-state index in [1.165, 1.54) is 0 Å². The number of hydrogen-bond acceptors (Lipinski definition) is 3. The standard InChI is InChI=1S/C17H20N2O2S/c1-2-14-5-9-17(10-6-14)22(20,21)19(16-7-8-16)13-15-4-3-11-18-12-15/h3-6,9-12,16H,2,7-8,13H2,1H3. The fourth-order valence-corrected chi connectivity index (χ4v) is 4.15. The van der Waals surface area contributed by atoms with Crippen LogP contribution in [0.15, 0.2) is 53.7 Å². The third-order valence-corrected chi connectivity index (χ3v) is 5.87. The van der Waals surface area contributed by atoms with Crippen LogP contribution < -0.4 is 0 Å². The van der Waals surface area contributed by atoms with E-state index in [-0.39, 0.29) is 6.04 Å². The quantitative estimate of drug-likeness (QED) is 0.823. The van der Waals surface area contributed by atoms with Crippen molar-refractivity contribution in [1.29, 1.82) is 0 Å². The van der Waals surface area contributed by atoms with Gasteiger partial charge in [0.05, 0.1) is 4.90 Å². The van der Waals surface area contributed by atoms with Crippen molar-refractivity contribution in [1.82, 2.24) is 9.29 Å². The smallest absolute Gasteiger partial charge is 0.243 e. The molecule has 2 aromatic rings. The van der Waals surface area contributed by atoms with Crippen molar-refractivity contribution in [2.45, 2.75) is 43.7 Å². The Labute approximate surface area is 131 Å². The van der Waals surface area contributed by atoms with Crippen LogP contribution in [0.5, 0.6) is 0 Å². The predicted molar refractivity (Wildman–Crippen MR) is 85.8 cm³/mol. The monoisotopic (exact) mass is 316 g/mol. The SMILES string of the molecule is CCc1ccc(S(=O)(=O)N(Cc2cccnc2)C2CC2)cc1. The summed E-state index contributed by atoms with van der Waals surface area (Å²) in [4.78, 5) is 4.45. The van der Waals surface area contributed by atoms with Gasteiger partial charge >= 0.3 is 0 Å². The summed E-state index contributed by atoms with van der Waals surface area (Å²) in [6.07, 6.45) is 6.20. The predicted octanol–water partition coefficient (Wildman–Crippen LogP) is 3.00. The Morgan fingerprint density at radius 1 is 1.14 bits per heavy atom. The van der Waals surface area contributed by atoms with Crippen LogP contribution >= 0.6 is 0 Å². The van der Waals surface area contributed by atoms with Crippen molar-refractivity contribution in [2.75, 3.05) is 0 Å². The first-order valence-electron chi connectivity index (χ1n) is 7.61. The van der Waals surface area contributed by atoms with Gasteiger partial charge in [-0.05, 0) is 48.6 Å². The van der Waals surface area contributed by atoms with Gasteiger partial charge in [-0.3, -0.25) is 4.98 Å². The van der Waals surface area contributed by atoms with Gasteiger partial charge in [0.2, 0.25) is 10.0 Å². The van der Waals surface area contributed by atoms with E-state index in [0.717, 1.165) is 30.4 Å². The molecule has 1 aromatic heterocycles. The maximum atomic E-state index is 12.9. The average Bonchev–Trinajstić information content (AvgIpc) is 3.38. The fourth-order valence-electron chi connectivity index (χ4n) is 2.48. The maximum absolute atomic E-state index is 12.9. The Bertz CT molecular complexity index is 723. The zero-order valence-corrected chi connectivity index (χ0v) is 13.5. The number of rotatable bonds is 6. The van der Waals surface area contributed by atoms with Gasteiger partial charge in [-0.2, -0.15) is 4.31 Å². The van der Waals surface area contributed by atoms with E-state index in [1.807, 2.05) is 24.3 Å². The van der Waals surface area contributed by atoms with Crippen molar-refractivity contribution >= 4 is 10.0 Å². The molecule has 3 rings (SSSR count). The number of hydrogen-bond donors (Lipinski definition) is 0. The fraction of sp³-hybridized carbons (Fsp3) is 0.353. The van der Waals surface area contributed by atoms with Gasteiger partial charge in [-0.15, -0.1) is 0 Å². The van der Waals surface area contributed by atoms with Gasteiger partial charge in [-0.1, -0.05) is 25.1 Å². The molecule has 1 aliphatic rings. The van der Waals surface area contributed by atoms with Crippen LogP contribution in [0.1, 0.15) is 30.9 Å². The molecule has 4 nitrogen and oxygen atoms in total. The minimum absolute atomic E-state index is 0.121. The van der Waals surface area contributed by atoms with Crippen molar-refractivity contribution < 1.29 is 8.42 Å². The molecular weight excluding hydrogens is 296 g/mol. The van der Waals surface area contributed by atoms with Crippen LogP contribution in [0.3, 0.4) is 0 Å². The molecule has 1 heterocycles. The second-order valence-electron chi connectivity index (χ2n) is 5.64. The summed E-state index contributed by atoms with van der Waals surface area (Å²) in [6.45, 7) is 2.44. The topological polar surface area (TPSA) is 50.3 Å². The van der Waals surface area contributed by atoms with E-state index in [9.17, 15) is 8.42 Å². The van der Waals surface area contributed by atoms with Crippen molar-refractivity contribution in [3.8, 4) is 0 Å². The van der Waals surface area contributed by atoms with Crippen LogP contribution in [0.4, 0.5) is 0 Å². The van der Waals surface area contributed by atoms with E-state index in [4.69, 9.17) is 0 Å². The molecule has 22 heavy (non-hydrogen) atoms. The summed E-state index contributed by atoms with van der Waals surface area (Å²) in [5, 5.41) is 0. The summed E-state index contributed by atoms with van der Waals surface area (Å²) in [5.41, 5.74) is 2.06. The largest absolute Gasteiger partial charge is 0.264 e. The lowest BCUT2D eigenvalue weighted by atomic mass is 10.2. The van der Waals surface area contributed by atoms with Crippen molar-refractivity contribution in [2.24, 2.45) is 0 Å². The van der Waals surface area contributed by atoms with Gasteiger partial charge in [-0.25, -0.2) is 8.42 Å². The lowest BCUT2D eigenvalue weighted by Crippen LogP contribution is -2.32. The molecule has 5 heteroatoms. The number of benzene rings is 1. The Balaban J connectivity index is 1.89. The molecular formula is C17H20N2O2S. The molecule has 116 valence electrons. The van der Waals surface area contributed by atoms with Gasteiger partial charge in [0, 0.05) is 25.0 Å². The van der Waals surface area contributed by atoms with Gasteiger partial charge in [0.1, 0.15) is 0 Å². The first-order chi connectivity index (χ1) is 10.6. The van der Waals surface area contributed by atoms with Crippen molar-refractivity contribution in [3.05, 3.63) is 59.9 Å². The minimum Gasteiger partial charge on any atom is -0.264 e. The normalized spacial score (nSPS) is 15.2. The third kappa shape index (κ3) is 3.20. The highest BCUT2D eigenvalue weighted by Crippen LogP contribution is 2.33. The molecule has 0 atom stereocenters. The number of aromatic nitrogens is 1. The van der Waals surface area contributed by atoms with E-state index >= 15 is 0 Å². The van der Waals surface area contributed by atoms with Crippen LogP contribution in [0.2, 0.25) is 0 Å². The van der Waals surface area contributed by atoms with E-state index in [0.29, 0.717) is 11.4 Å². The number of pyridine rings is 1. The molecule has 0 amide bonds. The Hall–Kier alpha value is -1.72.